The molecule has 0 aromatic heterocycles. The number of ether oxygens (including phenoxy) is 1. The number of hydrogen-bond acceptors (Lipinski definition) is 3. The third-order valence-electron chi connectivity index (χ3n) is 4.22. The van der Waals surface area contributed by atoms with Crippen LogP contribution in [0, 0.1) is 0 Å². The van der Waals surface area contributed by atoms with Crippen LogP contribution in [0.15, 0.2) is 48.5 Å². The van der Waals surface area contributed by atoms with Gasteiger partial charge in [-0.1, -0.05) is 35.9 Å². The molecule has 0 unspecified atom stereocenters. The van der Waals surface area contributed by atoms with Gasteiger partial charge < -0.3 is 15.4 Å². The quantitative estimate of drug-likeness (QED) is 0.783. The van der Waals surface area contributed by atoms with Gasteiger partial charge >= 0.3 is 0 Å². The molecule has 0 radical (unpaired) electrons. The fraction of sp³-hybridized carbons (Fsp3) is 0.350. The first-order chi connectivity index (χ1) is 12.2. The zero-order valence-electron chi connectivity index (χ0n) is 14.5. The lowest BCUT2D eigenvalue weighted by atomic mass is 10.1. The second kappa shape index (κ2) is 10.4. The van der Waals surface area contributed by atoms with Crippen LogP contribution < -0.4 is 15.4 Å². The van der Waals surface area contributed by atoms with Crippen LogP contribution in [-0.2, 0) is 17.8 Å². The van der Waals surface area contributed by atoms with Crippen molar-refractivity contribution in [2.24, 2.45) is 0 Å². The van der Waals surface area contributed by atoms with Gasteiger partial charge in [0.1, 0.15) is 12.4 Å². The Hall–Kier alpha value is -1.75. The van der Waals surface area contributed by atoms with Gasteiger partial charge in [-0.2, -0.15) is 0 Å². The van der Waals surface area contributed by atoms with Crippen LogP contribution in [0.3, 0.4) is 0 Å². The molecule has 1 atom stereocenters. The largest absolute Gasteiger partial charge is 0.489 e. The number of carbonyl (C=O) groups excluding carboxylic acids is 1. The highest BCUT2D eigenvalue weighted by atomic mass is 35.5. The first kappa shape index (κ1) is 20.6. The fourth-order valence-corrected chi connectivity index (χ4v) is 3.19. The Bertz CT molecular complexity index is 718. The highest BCUT2D eigenvalue weighted by Crippen LogP contribution is 2.17. The van der Waals surface area contributed by atoms with Crippen LogP contribution in [0.25, 0.3) is 0 Å². The summed E-state index contributed by atoms with van der Waals surface area (Å²) in [6.45, 7) is 2.34. The maximum atomic E-state index is 12.2. The summed E-state index contributed by atoms with van der Waals surface area (Å²) in [6, 6.07) is 15.5. The molecule has 2 aromatic carbocycles. The fourth-order valence-electron chi connectivity index (χ4n) is 2.98. The molecule has 1 amide bonds. The Kier molecular flexibility index (Phi) is 8.23. The van der Waals surface area contributed by atoms with Crippen molar-refractivity contribution in [3.8, 4) is 5.75 Å². The van der Waals surface area contributed by atoms with Crippen molar-refractivity contribution >= 4 is 29.9 Å². The van der Waals surface area contributed by atoms with Gasteiger partial charge in [-0.3, -0.25) is 4.79 Å². The lowest BCUT2D eigenvalue weighted by Crippen LogP contribution is -2.46. The maximum absolute atomic E-state index is 12.2. The molecule has 1 aliphatic rings. The number of amides is 1. The molecule has 0 aliphatic carbocycles. The van der Waals surface area contributed by atoms with Gasteiger partial charge in [0.25, 0.3) is 0 Å². The number of hydrogen-bond donors (Lipinski definition) is 2. The van der Waals surface area contributed by atoms with Gasteiger partial charge in [0, 0.05) is 17.6 Å². The van der Waals surface area contributed by atoms with Crippen molar-refractivity contribution in [1.82, 2.24) is 10.6 Å². The maximum Gasteiger partial charge on any atom is 0.224 e. The Morgan fingerprint density at radius 3 is 2.77 bits per heavy atom. The van der Waals surface area contributed by atoms with Crippen molar-refractivity contribution < 1.29 is 9.53 Å². The molecule has 1 fully saturated rings. The molecule has 0 spiro atoms. The Labute approximate surface area is 165 Å². The number of piperidine rings is 1. The Balaban J connectivity index is 0.00000243. The molecule has 4 nitrogen and oxygen atoms in total. The standard InChI is InChI=1S/C20H23ClN2O2.ClH/c21-17-6-1-5-16(10-17)14-25-19-8-2-4-15(11-19)12-20(24)23-18-7-3-9-22-13-18;/h1-2,4-6,8,10-11,18,22H,3,7,9,12-14H2,(H,23,24);1H/t18-;/m0./s1. The molecule has 2 aromatic rings. The molecule has 2 N–H and O–H groups in total. The van der Waals surface area contributed by atoms with Gasteiger partial charge in [-0.15, -0.1) is 12.4 Å². The van der Waals surface area contributed by atoms with Crippen LogP contribution in [0.2, 0.25) is 5.02 Å². The van der Waals surface area contributed by atoms with Gasteiger partial charge in [-0.05, 0) is 54.8 Å². The summed E-state index contributed by atoms with van der Waals surface area (Å²) in [5.41, 5.74) is 1.96. The molecule has 140 valence electrons. The number of rotatable bonds is 6. The molecular formula is C20H24Cl2N2O2. The molecule has 3 rings (SSSR count). The first-order valence-corrected chi connectivity index (χ1v) is 9.03. The van der Waals surface area contributed by atoms with Crippen molar-refractivity contribution in [2.45, 2.75) is 31.9 Å². The van der Waals surface area contributed by atoms with E-state index in [1.807, 2.05) is 48.5 Å². The van der Waals surface area contributed by atoms with Crippen molar-refractivity contribution in [2.75, 3.05) is 13.1 Å². The van der Waals surface area contributed by atoms with Gasteiger partial charge in [-0.25, -0.2) is 0 Å². The zero-order valence-corrected chi connectivity index (χ0v) is 16.1. The summed E-state index contributed by atoms with van der Waals surface area (Å²) < 4.78 is 5.82. The number of halogens is 2. The van der Waals surface area contributed by atoms with Crippen LogP contribution in [0.5, 0.6) is 5.75 Å². The second-order valence-electron chi connectivity index (χ2n) is 6.35. The molecule has 6 heteroatoms. The summed E-state index contributed by atoms with van der Waals surface area (Å²) >= 11 is 5.98. The summed E-state index contributed by atoms with van der Waals surface area (Å²) in [4.78, 5) is 12.2. The molecule has 26 heavy (non-hydrogen) atoms. The number of carbonyl (C=O) groups is 1. The monoisotopic (exact) mass is 394 g/mol. The highest BCUT2D eigenvalue weighted by molar-refractivity contribution is 6.30. The number of benzene rings is 2. The predicted octanol–water partition coefficient (Wildman–Crippen LogP) is 3.75. The molecule has 1 aliphatic heterocycles. The molecule has 0 saturated carbocycles. The van der Waals surface area contributed by atoms with E-state index in [0.29, 0.717) is 18.1 Å². The van der Waals surface area contributed by atoms with Crippen molar-refractivity contribution in [3.63, 3.8) is 0 Å². The SMILES string of the molecule is Cl.O=C(Cc1cccc(OCc2cccc(Cl)c2)c1)N[C@H]1CCCNC1. The topological polar surface area (TPSA) is 50.4 Å². The van der Waals surface area contributed by atoms with Gasteiger partial charge in [0.15, 0.2) is 0 Å². The summed E-state index contributed by atoms with van der Waals surface area (Å²) in [5, 5.41) is 7.10. The van der Waals surface area contributed by atoms with E-state index in [1.165, 1.54) is 0 Å². The predicted molar refractivity (Wildman–Crippen MR) is 107 cm³/mol. The van der Waals surface area contributed by atoms with Crippen LogP contribution in [-0.4, -0.2) is 25.0 Å². The second-order valence-corrected chi connectivity index (χ2v) is 6.79. The third-order valence-corrected chi connectivity index (χ3v) is 4.45. The van der Waals surface area contributed by atoms with Crippen LogP contribution in [0.4, 0.5) is 0 Å². The lowest BCUT2D eigenvalue weighted by Gasteiger charge is -2.23. The van der Waals surface area contributed by atoms with E-state index in [9.17, 15) is 4.79 Å². The Morgan fingerprint density at radius 1 is 1.19 bits per heavy atom. The average Bonchev–Trinajstić information content (AvgIpc) is 2.61. The van der Waals surface area contributed by atoms with Crippen LogP contribution >= 0.6 is 24.0 Å². The van der Waals surface area contributed by atoms with E-state index in [0.717, 1.165) is 42.8 Å². The van der Waals surface area contributed by atoms with Crippen LogP contribution in [0.1, 0.15) is 24.0 Å². The summed E-state index contributed by atoms with van der Waals surface area (Å²) in [6.07, 6.45) is 2.52. The van der Waals surface area contributed by atoms with Gasteiger partial charge in [0.2, 0.25) is 5.91 Å². The van der Waals surface area contributed by atoms with E-state index < -0.39 is 0 Å². The first-order valence-electron chi connectivity index (χ1n) is 8.65. The van der Waals surface area contributed by atoms with E-state index in [2.05, 4.69) is 10.6 Å². The number of nitrogens with one attached hydrogen (secondary N) is 2. The third kappa shape index (κ3) is 6.52. The van der Waals surface area contributed by atoms with E-state index in [1.54, 1.807) is 0 Å². The zero-order chi connectivity index (χ0) is 17.5. The lowest BCUT2D eigenvalue weighted by molar-refractivity contribution is -0.121. The van der Waals surface area contributed by atoms with E-state index >= 15 is 0 Å². The Morgan fingerprint density at radius 2 is 2.00 bits per heavy atom. The van der Waals surface area contributed by atoms with E-state index in [4.69, 9.17) is 16.3 Å². The smallest absolute Gasteiger partial charge is 0.224 e. The molecule has 1 saturated heterocycles. The molecule has 1 heterocycles. The minimum absolute atomic E-state index is 0. The minimum atomic E-state index is 0. The average molecular weight is 395 g/mol. The summed E-state index contributed by atoms with van der Waals surface area (Å²) in [5.74, 6) is 0.810. The summed E-state index contributed by atoms with van der Waals surface area (Å²) in [7, 11) is 0. The minimum Gasteiger partial charge on any atom is -0.489 e. The van der Waals surface area contributed by atoms with Crippen molar-refractivity contribution in [1.29, 1.82) is 0 Å². The normalized spacial score (nSPS) is 16.4. The molecular weight excluding hydrogens is 371 g/mol. The molecule has 0 bridgehead atoms. The highest BCUT2D eigenvalue weighted by Gasteiger charge is 2.15. The van der Waals surface area contributed by atoms with E-state index in [-0.39, 0.29) is 24.4 Å². The van der Waals surface area contributed by atoms with Gasteiger partial charge in [0.05, 0.1) is 6.42 Å². The van der Waals surface area contributed by atoms with Crippen molar-refractivity contribution in [3.05, 3.63) is 64.7 Å².